The smallest absolute Gasteiger partial charge is 0.0768 e. The molecule has 0 aliphatic carbocycles. The maximum absolute atomic E-state index is 5.68. The van der Waals surface area contributed by atoms with Crippen molar-refractivity contribution in [1.29, 1.82) is 0 Å². The van der Waals surface area contributed by atoms with Crippen molar-refractivity contribution in [2.75, 3.05) is 13.1 Å². The van der Waals surface area contributed by atoms with Gasteiger partial charge in [0.15, 0.2) is 0 Å². The number of thiocarbonyl (C=S) groups is 1. The van der Waals surface area contributed by atoms with Gasteiger partial charge >= 0.3 is 0 Å². The summed E-state index contributed by atoms with van der Waals surface area (Å²) in [5, 5.41) is 0. The van der Waals surface area contributed by atoms with E-state index in [0.717, 1.165) is 13.1 Å². The maximum Gasteiger partial charge on any atom is 0.0768 e. The largest absolute Gasteiger partial charge is 0.393 e. The highest BCUT2D eigenvalue weighted by molar-refractivity contribution is 7.80. The first kappa shape index (κ1) is 14.1. The summed E-state index contributed by atoms with van der Waals surface area (Å²) in [4.78, 5) is 3.00. The van der Waals surface area contributed by atoms with Gasteiger partial charge in [0.1, 0.15) is 0 Å². The average molecular weight is 250 g/mol. The molecule has 1 aromatic rings. The van der Waals surface area contributed by atoms with Gasteiger partial charge < -0.3 is 5.73 Å². The molecule has 0 saturated heterocycles. The number of hydrogen-bond acceptors (Lipinski definition) is 2. The molecule has 0 bridgehead atoms. The van der Waals surface area contributed by atoms with Crippen LogP contribution in [0.3, 0.4) is 0 Å². The Labute approximate surface area is 110 Å². The molecule has 2 nitrogen and oxygen atoms in total. The van der Waals surface area contributed by atoms with Crippen molar-refractivity contribution >= 4 is 17.2 Å². The second kappa shape index (κ2) is 6.72. The van der Waals surface area contributed by atoms with Gasteiger partial charge in [-0.15, -0.1) is 0 Å². The third-order valence-electron chi connectivity index (χ3n) is 3.23. The van der Waals surface area contributed by atoms with Crippen molar-refractivity contribution in [3.8, 4) is 0 Å². The SMILES string of the molecule is CCN(CC(C)C(N)=S)C(C)c1ccccc1. The standard InChI is InChI=1S/C14H22N2S/c1-4-16(10-11(2)14(15)17)12(3)13-8-6-5-7-9-13/h5-9,11-12H,4,10H2,1-3H3,(H2,15,17). The molecular formula is C14H22N2S. The van der Waals surface area contributed by atoms with Crippen LogP contribution in [0.1, 0.15) is 32.4 Å². The number of benzene rings is 1. The molecule has 0 radical (unpaired) electrons. The lowest BCUT2D eigenvalue weighted by Crippen LogP contribution is -2.35. The van der Waals surface area contributed by atoms with Crippen LogP contribution in [0.4, 0.5) is 0 Å². The number of nitrogens with zero attached hydrogens (tertiary/aromatic N) is 1. The molecule has 0 aliphatic heterocycles. The van der Waals surface area contributed by atoms with Crippen LogP contribution in [0.25, 0.3) is 0 Å². The van der Waals surface area contributed by atoms with Crippen LogP contribution in [0.5, 0.6) is 0 Å². The molecule has 2 N–H and O–H groups in total. The van der Waals surface area contributed by atoms with Gasteiger partial charge in [0.2, 0.25) is 0 Å². The van der Waals surface area contributed by atoms with Crippen molar-refractivity contribution in [2.45, 2.75) is 26.8 Å². The highest BCUT2D eigenvalue weighted by atomic mass is 32.1. The van der Waals surface area contributed by atoms with E-state index in [2.05, 4.69) is 49.9 Å². The third-order valence-corrected chi connectivity index (χ3v) is 3.63. The van der Waals surface area contributed by atoms with E-state index in [-0.39, 0.29) is 5.92 Å². The molecule has 94 valence electrons. The summed E-state index contributed by atoms with van der Waals surface area (Å²) in [6.45, 7) is 8.41. The fraction of sp³-hybridized carbons (Fsp3) is 0.500. The molecular weight excluding hydrogens is 228 g/mol. The quantitative estimate of drug-likeness (QED) is 0.787. The Morgan fingerprint density at radius 3 is 2.35 bits per heavy atom. The highest BCUT2D eigenvalue weighted by Gasteiger charge is 2.17. The van der Waals surface area contributed by atoms with Crippen LogP contribution >= 0.6 is 12.2 Å². The van der Waals surface area contributed by atoms with E-state index in [1.807, 2.05) is 6.07 Å². The van der Waals surface area contributed by atoms with Gasteiger partial charge in [-0.2, -0.15) is 0 Å². The van der Waals surface area contributed by atoms with Gasteiger partial charge in [0, 0.05) is 18.5 Å². The van der Waals surface area contributed by atoms with Gasteiger partial charge in [0.25, 0.3) is 0 Å². The Bertz CT molecular complexity index is 350. The summed E-state index contributed by atoms with van der Waals surface area (Å²) in [5.41, 5.74) is 7.02. The van der Waals surface area contributed by atoms with Crippen LogP contribution in [0.15, 0.2) is 30.3 Å². The summed E-state index contributed by atoms with van der Waals surface area (Å²) < 4.78 is 0. The summed E-state index contributed by atoms with van der Waals surface area (Å²) in [6, 6.07) is 10.9. The van der Waals surface area contributed by atoms with E-state index in [9.17, 15) is 0 Å². The van der Waals surface area contributed by atoms with E-state index in [4.69, 9.17) is 18.0 Å². The van der Waals surface area contributed by atoms with E-state index < -0.39 is 0 Å². The monoisotopic (exact) mass is 250 g/mol. The fourth-order valence-corrected chi connectivity index (χ4v) is 2.02. The molecule has 0 heterocycles. The molecule has 0 aromatic heterocycles. The molecule has 17 heavy (non-hydrogen) atoms. The molecule has 0 saturated carbocycles. The predicted molar refractivity (Wildman–Crippen MR) is 78.1 cm³/mol. The van der Waals surface area contributed by atoms with E-state index in [0.29, 0.717) is 11.0 Å². The zero-order chi connectivity index (χ0) is 12.8. The first-order chi connectivity index (χ1) is 8.06. The van der Waals surface area contributed by atoms with Crippen LogP contribution in [-0.4, -0.2) is 23.0 Å². The Balaban J connectivity index is 2.71. The average Bonchev–Trinajstić information content (AvgIpc) is 2.35. The molecule has 0 amide bonds. The lowest BCUT2D eigenvalue weighted by molar-refractivity contribution is 0.209. The highest BCUT2D eigenvalue weighted by Crippen LogP contribution is 2.20. The number of rotatable bonds is 6. The van der Waals surface area contributed by atoms with E-state index >= 15 is 0 Å². The molecule has 0 spiro atoms. The zero-order valence-electron chi connectivity index (χ0n) is 10.9. The van der Waals surface area contributed by atoms with Crippen molar-refractivity contribution < 1.29 is 0 Å². The number of hydrogen-bond donors (Lipinski definition) is 1. The lowest BCUT2D eigenvalue weighted by atomic mass is 10.0. The maximum atomic E-state index is 5.68. The molecule has 0 aliphatic rings. The molecule has 2 atom stereocenters. The third kappa shape index (κ3) is 4.10. The van der Waals surface area contributed by atoms with Gasteiger partial charge in [-0.05, 0) is 19.0 Å². The molecule has 1 aromatic carbocycles. The molecule has 0 fully saturated rings. The van der Waals surface area contributed by atoms with Crippen LogP contribution < -0.4 is 5.73 Å². The molecule has 3 heteroatoms. The van der Waals surface area contributed by atoms with Crippen molar-refractivity contribution in [2.24, 2.45) is 11.7 Å². The predicted octanol–water partition coefficient (Wildman–Crippen LogP) is 2.99. The Morgan fingerprint density at radius 2 is 1.88 bits per heavy atom. The number of nitrogens with two attached hydrogens (primary N) is 1. The van der Waals surface area contributed by atoms with Crippen LogP contribution in [-0.2, 0) is 0 Å². The minimum absolute atomic E-state index is 0.260. The summed E-state index contributed by atoms with van der Waals surface area (Å²) >= 11 is 5.04. The second-order valence-electron chi connectivity index (χ2n) is 4.48. The van der Waals surface area contributed by atoms with Crippen molar-refractivity contribution in [3.05, 3.63) is 35.9 Å². The topological polar surface area (TPSA) is 29.3 Å². The molecule has 2 unspecified atom stereocenters. The molecule has 1 rings (SSSR count). The van der Waals surface area contributed by atoms with E-state index in [1.165, 1.54) is 5.56 Å². The van der Waals surface area contributed by atoms with Crippen LogP contribution in [0, 0.1) is 5.92 Å². The Morgan fingerprint density at radius 1 is 1.29 bits per heavy atom. The minimum Gasteiger partial charge on any atom is -0.393 e. The first-order valence-electron chi connectivity index (χ1n) is 6.14. The summed E-state index contributed by atoms with van der Waals surface area (Å²) in [6.07, 6.45) is 0. The van der Waals surface area contributed by atoms with Crippen LogP contribution in [0.2, 0.25) is 0 Å². The fourth-order valence-electron chi connectivity index (χ4n) is 1.95. The normalized spacial score (nSPS) is 14.6. The Hall–Kier alpha value is -0.930. The first-order valence-corrected chi connectivity index (χ1v) is 6.55. The summed E-state index contributed by atoms with van der Waals surface area (Å²) in [5.74, 6) is 0.260. The van der Waals surface area contributed by atoms with Crippen molar-refractivity contribution in [3.63, 3.8) is 0 Å². The second-order valence-corrected chi connectivity index (χ2v) is 4.95. The van der Waals surface area contributed by atoms with Gasteiger partial charge in [-0.25, -0.2) is 0 Å². The lowest BCUT2D eigenvalue weighted by Gasteiger charge is -2.30. The minimum atomic E-state index is 0.260. The zero-order valence-corrected chi connectivity index (χ0v) is 11.7. The Kier molecular flexibility index (Phi) is 5.59. The van der Waals surface area contributed by atoms with Gasteiger partial charge in [0.05, 0.1) is 4.99 Å². The van der Waals surface area contributed by atoms with E-state index in [1.54, 1.807) is 0 Å². The van der Waals surface area contributed by atoms with Gasteiger partial charge in [-0.3, -0.25) is 4.90 Å². The summed E-state index contributed by atoms with van der Waals surface area (Å²) in [7, 11) is 0. The van der Waals surface area contributed by atoms with Gasteiger partial charge in [-0.1, -0.05) is 56.4 Å². The van der Waals surface area contributed by atoms with Crippen molar-refractivity contribution in [1.82, 2.24) is 4.90 Å².